The molecule has 184 valence electrons. The molecule has 0 radical (unpaired) electrons. The summed E-state index contributed by atoms with van der Waals surface area (Å²) in [5.41, 5.74) is 5.62. The van der Waals surface area contributed by atoms with E-state index in [0.29, 0.717) is 40.6 Å². The van der Waals surface area contributed by atoms with Crippen LogP contribution in [0.3, 0.4) is 0 Å². The molecule has 1 aromatic carbocycles. The number of nitrogens with zero attached hydrogens (tertiary/aromatic N) is 6. The first-order valence-corrected chi connectivity index (χ1v) is 11.7. The van der Waals surface area contributed by atoms with Crippen molar-refractivity contribution in [2.45, 2.75) is 0 Å². The highest BCUT2D eigenvalue weighted by Gasteiger charge is 2.17. The van der Waals surface area contributed by atoms with E-state index in [0.717, 1.165) is 34.2 Å². The second-order valence-corrected chi connectivity index (χ2v) is 8.90. The lowest BCUT2D eigenvalue weighted by molar-refractivity contribution is 0.260. The van der Waals surface area contributed by atoms with E-state index in [4.69, 9.17) is 9.72 Å². The molecule has 0 saturated heterocycles. The lowest BCUT2D eigenvalue weighted by atomic mass is 10.1. The first-order chi connectivity index (χ1) is 18.0. The van der Waals surface area contributed by atoms with Crippen LogP contribution in [-0.4, -0.2) is 67.3 Å². The van der Waals surface area contributed by atoms with Gasteiger partial charge < -0.3 is 14.6 Å². The molecule has 0 saturated carbocycles. The Morgan fingerprint density at radius 2 is 1.86 bits per heavy atom. The maximum atomic E-state index is 14.5. The van der Waals surface area contributed by atoms with Crippen LogP contribution < -0.4 is 4.74 Å². The van der Waals surface area contributed by atoms with Crippen molar-refractivity contribution < 1.29 is 9.13 Å². The van der Waals surface area contributed by atoms with Gasteiger partial charge in [-0.05, 0) is 50.5 Å². The summed E-state index contributed by atoms with van der Waals surface area (Å²) in [5, 5.41) is 8.39. The van der Waals surface area contributed by atoms with Gasteiger partial charge in [0.2, 0.25) is 0 Å². The minimum absolute atomic E-state index is 0.402. The maximum Gasteiger partial charge on any atom is 0.159 e. The van der Waals surface area contributed by atoms with Gasteiger partial charge in [-0.15, -0.1) is 0 Å². The third-order valence-corrected chi connectivity index (χ3v) is 5.98. The van der Waals surface area contributed by atoms with Gasteiger partial charge in [0.05, 0.1) is 28.6 Å². The molecular formula is C27H23FN8O. The Labute approximate surface area is 211 Å². The van der Waals surface area contributed by atoms with Crippen LogP contribution in [0.1, 0.15) is 0 Å². The van der Waals surface area contributed by atoms with Crippen LogP contribution >= 0.6 is 0 Å². The molecule has 37 heavy (non-hydrogen) atoms. The number of nitrogens with one attached hydrogen (secondary N) is 2. The first-order valence-electron chi connectivity index (χ1n) is 11.7. The molecule has 6 aromatic rings. The van der Waals surface area contributed by atoms with Crippen LogP contribution in [0.25, 0.3) is 56.0 Å². The number of aromatic nitrogens is 7. The Morgan fingerprint density at radius 1 is 0.946 bits per heavy atom. The van der Waals surface area contributed by atoms with Crippen LogP contribution in [0.5, 0.6) is 5.75 Å². The minimum atomic E-state index is -0.402. The summed E-state index contributed by atoms with van der Waals surface area (Å²) in [6, 6.07) is 12.2. The fraction of sp³-hybridized carbons (Fsp3) is 0.148. The number of hydrogen-bond acceptors (Lipinski definition) is 7. The fourth-order valence-electron chi connectivity index (χ4n) is 4.16. The van der Waals surface area contributed by atoms with Crippen LogP contribution in [0.15, 0.2) is 67.3 Å². The van der Waals surface area contributed by atoms with E-state index in [2.05, 4.69) is 30.1 Å². The summed E-state index contributed by atoms with van der Waals surface area (Å²) < 4.78 is 20.3. The van der Waals surface area contributed by atoms with Crippen molar-refractivity contribution in [1.82, 2.24) is 40.0 Å². The molecule has 5 aromatic heterocycles. The number of hydrogen-bond donors (Lipinski definition) is 2. The molecular weight excluding hydrogens is 471 g/mol. The van der Waals surface area contributed by atoms with E-state index in [1.807, 2.05) is 43.3 Å². The van der Waals surface area contributed by atoms with Gasteiger partial charge >= 0.3 is 0 Å². The fourth-order valence-corrected chi connectivity index (χ4v) is 4.16. The highest BCUT2D eigenvalue weighted by atomic mass is 19.1. The van der Waals surface area contributed by atoms with Crippen LogP contribution in [0.2, 0.25) is 0 Å². The number of ether oxygens (including phenoxy) is 1. The summed E-state index contributed by atoms with van der Waals surface area (Å²) in [6.45, 7) is 1.17. The van der Waals surface area contributed by atoms with Gasteiger partial charge in [0.1, 0.15) is 29.4 Å². The van der Waals surface area contributed by atoms with Crippen molar-refractivity contribution in [3.05, 3.63) is 73.1 Å². The zero-order valence-electron chi connectivity index (χ0n) is 20.2. The summed E-state index contributed by atoms with van der Waals surface area (Å²) >= 11 is 0. The predicted octanol–water partition coefficient (Wildman–Crippen LogP) is 4.70. The Morgan fingerprint density at radius 3 is 2.70 bits per heavy atom. The number of H-pyrrole nitrogens is 2. The number of benzene rings is 1. The summed E-state index contributed by atoms with van der Waals surface area (Å²) in [5.74, 6) is 0.610. The molecule has 5 heterocycles. The largest absolute Gasteiger partial charge is 0.492 e. The molecule has 0 aliphatic rings. The Balaban J connectivity index is 1.41. The van der Waals surface area contributed by atoms with Crippen molar-refractivity contribution >= 4 is 21.9 Å². The third kappa shape index (κ3) is 4.50. The van der Waals surface area contributed by atoms with Crippen LogP contribution in [0.4, 0.5) is 4.39 Å². The van der Waals surface area contributed by atoms with E-state index in [9.17, 15) is 4.39 Å². The lowest BCUT2D eigenvalue weighted by Gasteiger charge is -2.12. The molecule has 0 amide bonds. The lowest BCUT2D eigenvalue weighted by Crippen LogP contribution is -2.19. The molecule has 0 unspecified atom stereocenters. The zero-order chi connectivity index (χ0) is 25.4. The van der Waals surface area contributed by atoms with Crippen molar-refractivity contribution in [2.75, 3.05) is 27.2 Å². The van der Waals surface area contributed by atoms with Crippen LogP contribution in [-0.2, 0) is 0 Å². The maximum absolute atomic E-state index is 14.5. The van der Waals surface area contributed by atoms with Crippen LogP contribution in [0, 0.1) is 5.82 Å². The molecule has 9 nitrogen and oxygen atoms in total. The van der Waals surface area contributed by atoms with Gasteiger partial charge in [-0.25, -0.2) is 9.37 Å². The smallest absolute Gasteiger partial charge is 0.159 e. The molecule has 2 N–H and O–H groups in total. The number of pyridine rings is 3. The summed E-state index contributed by atoms with van der Waals surface area (Å²) in [6.07, 6.45) is 6.91. The Kier molecular flexibility index (Phi) is 5.78. The van der Waals surface area contributed by atoms with E-state index < -0.39 is 5.82 Å². The molecule has 0 spiro atoms. The molecule has 0 bridgehead atoms. The van der Waals surface area contributed by atoms with Crippen molar-refractivity contribution in [2.24, 2.45) is 0 Å². The predicted molar refractivity (Wildman–Crippen MR) is 139 cm³/mol. The van der Waals surface area contributed by atoms with Crippen molar-refractivity contribution in [3.8, 4) is 39.8 Å². The minimum Gasteiger partial charge on any atom is -0.492 e. The average Bonchev–Trinajstić information content (AvgIpc) is 3.52. The van der Waals surface area contributed by atoms with Gasteiger partial charge in [-0.1, -0.05) is 0 Å². The van der Waals surface area contributed by atoms with E-state index in [-0.39, 0.29) is 0 Å². The van der Waals surface area contributed by atoms with Gasteiger partial charge in [-0.2, -0.15) is 5.10 Å². The van der Waals surface area contributed by atoms with E-state index >= 15 is 0 Å². The monoisotopic (exact) mass is 494 g/mol. The second kappa shape index (κ2) is 9.40. The Bertz CT molecular complexity index is 1710. The number of halogens is 1. The zero-order valence-corrected chi connectivity index (χ0v) is 20.2. The third-order valence-electron chi connectivity index (χ3n) is 5.98. The average molecular weight is 495 g/mol. The normalized spacial score (nSPS) is 11.6. The van der Waals surface area contributed by atoms with Gasteiger partial charge in [0.15, 0.2) is 5.82 Å². The number of imidazole rings is 1. The molecule has 0 fully saturated rings. The van der Waals surface area contributed by atoms with Gasteiger partial charge in [0.25, 0.3) is 0 Å². The second-order valence-electron chi connectivity index (χ2n) is 8.90. The molecule has 0 atom stereocenters. The molecule has 0 aliphatic heterocycles. The quantitative estimate of drug-likeness (QED) is 0.331. The standard InChI is InChI=1S/C27H23FN8O/c1-36(2)8-9-37-19-11-17(10-18(28)12-19)24-26-21(5-7-30-24)32-27(33-26)25-20-13-22(16-4-3-6-29-14-16)31-15-23(20)34-35-25/h3-7,10-15H,8-9H2,1-2H3,(H,32,33)(H,34,35). The first kappa shape index (κ1) is 22.7. The van der Waals surface area contributed by atoms with Crippen molar-refractivity contribution in [3.63, 3.8) is 0 Å². The van der Waals surface area contributed by atoms with E-state index in [1.165, 1.54) is 12.1 Å². The van der Waals surface area contributed by atoms with Gasteiger partial charge in [0, 0.05) is 47.7 Å². The topological polar surface area (TPSA) is 108 Å². The highest BCUT2D eigenvalue weighted by Crippen LogP contribution is 2.33. The Hall–Kier alpha value is -4.70. The van der Waals surface area contributed by atoms with E-state index in [1.54, 1.807) is 30.9 Å². The number of likely N-dealkylation sites (N-methyl/N-ethyl adjacent to an activating group) is 1. The summed E-state index contributed by atoms with van der Waals surface area (Å²) in [7, 11) is 3.91. The van der Waals surface area contributed by atoms with Gasteiger partial charge in [-0.3, -0.25) is 20.1 Å². The number of rotatable bonds is 7. The SMILES string of the molecule is CN(C)CCOc1cc(F)cc(-c2nccc3[nH]c(-c4n[nH]c5cnc(-c6cccnc6)cc45)nc23)c1. The molecule has 10 heteroatoms. The molecule has 6 rings (SSSR count). The number of aromatic amines is 2. The summed E-state index contributed by atoms with van der Waals surface area (Å²) in [4.78, 5) is 23.4. The number of fused-ring (bicyclic) bond motifs is 2. The van der Waals surface area contributed by atoms with Crippen molar-refractivity contribution in [1.29, 1.82) is 0 Å². The molecule has 0 aliphatic carbocycles. The highest BCUT2D eigenvalue weighted by molar-refractivity contribution is 5.96.